The van der Waals surface area contributed by atoms with Gasteiger partial charge in [0.05, 0.1) is 16.3 Å². The smallest absolute Gasteiger partial charge is 0.321 e. The number of fused-ring (bicyclic) bond motifs is 2. The number of para-hydroxylation sites is 2. The van der Waals surface area contributed by atoms with E-state index >= 15 is 0 Å². The van der Waals surface area contributed by atoms with Crippen LogP contribution < -0.4 is 10.6 Å². The van der Waals surface area contributed by atoms with Gasteiger partial charge in [0.15, 0.2) is 5.13 Å². The predicted octanol–water partition coefficient (Wildman–Crippen LogP) is 4.93. The van der Waals surface area contributed by atoms with Gasteiger partial charge in [-0.2, -0.15) is 0 Å². The first kappa shape index (κ1) is 14.7. The van der Waals surface area contributed by atoms with E-state index in [1.54, 1.807) is 0 Å². The number of aromatic nitrogens is 1. The zero-order valence-corrected chi connectivity index (χ0v) is 13.8. The third-order valence-corrected chi connectivity index (χ3v) is 4.69. The zero-order valence-electron chi connectivity index (χ0n) is 12.9. The largest absolute Gasteiger partial charge is 0.459 e. The van der Waals surface area contributed by atoms with Gasteiger partial charge in [0.1, 0.15) is 11.3 Å². The van der Waals surface area contributed by atoms with Crippen LogP contribution in [0.15, 0.2) is 59.0 Å². The lowest BCUT2D eigenvalue weighted by Gasteiger charge is -2.11. The summed E-state index contributed by atoms with van der Waals surface area (Å²) in [6.07, 6.45) is 0. The summed E-state index contributed by atoms with van der Waals surface area (Å²) in [7, 11) is 0. The number of carbonyl (C=O) groups is 1. The summed E-state index contributed by atoms with van der Waals surface area (Å²) in [6.45, 7) is 1.88. The molecule has 2 aromatic carbocycles. The van der Waals surface area contributed by atoms with E-state index in [0.29, 0.717) is 5.13 Å². The minimum Gasteiger partial charge on any atom is -0.459 e. The van der Waals surface area contributed by atoms with Crippen molar-refractivity contribution in [2.75, 3.05) is 5.32 Å². The number of urea groups is 1. The van der Waals surface area contributed by atoms with Crippen LogP contribution in [0.2, 0.25) is 0 Å². The molecule has 4 rings (SSSR count). The molecule has 0 fully saturated rings. The second kappa shape index (κ2) is 5.98. The number of thiazole rings is 1. The molecule has 0 saturated carbocycles. The summed E-state index contributed by atoms with van der Waals surface area (Å²) >= 11 is 1.45. The monoisotopic (exact) mass is 337 g/mol. The van der Waals surface area contributed by atoms with Gasteiger partial charge < -0.3 is 9.73 Å². The molecule has 0 bridgehead atoms. The minimum absolute atomic E-state index is 0.244. The highest BCUT2D eigenvalue weighted by atomic mass is 32.1. The molecule has 0 radical (unpaired) electrons. The summed E-state index contributed by atoms with van der Waals surface area (Å²) in [4.78, 5) is 16.6. The molecular weight excluding hydrogens is 322 g/mol. The predicted molar refractivity (Wildman–Crippen MR) is 96.4 cm³/mol. The third-order valence-electron chi connectivity index (χ3n) is 3.73. The number of carbonyl (C=O) groups excluding carboxylic acids is 1. The maximum absolute atomic E-state index is 12.2. The maximum Gasteiger partial charge on any atom is 0.321 e. The van der Waals surface area contributed by atoms with Crippen molar-refractivity contribution in [3.8, 4) is 0 Å². The summed E-state index contributed by atoms with van der Waals surface area (Å²) < 4.78 is 6.81. The second-order valence-electron chi connectivity index (χ2n) is 5.49. The summed E-state index contributed by atoms with van der Waals surface area (Å²) in [6, 6.07) is 16.9. The summed E-state index contributed by atoms with van der Waals surface area (Å²) in [5.41, 5.74) is 1.69. The van der Waals surface area contributed by atoms with Crippen LogP contribution in [0.4, 0.5) is 9.93 Å². The molecule has 0 aliphatic carbocycles. The van der Waals surface area contributed by atoms with Crippen molar-refractivity contribution in [2.45, 2.75) is 13.0 Å². The van der Waals surface area contributed by atoms with Gasteiger partial charge in [-0.25, -0.2) is 9.78 Å². The first-order valence-electron chi connectivity index (χ1n) is 7.60. The lowest BCUT2D eigenvalue weighted by atomic mass is 10.2. The van der Waals surface area contributed by atoms with E-state index in [-0.39, 0.29) is 12.1 Å². The number of hydrogen-bond donors (Lipinski definition) is 2. The van der Waals surface area contributed by atoms with Crippen LogP contribution >= 0.6 is 11.3 Å². The molecule has 0 aliphatic rings. The molecule has 4 aromatic rings. The molecule has 0 saturated heterocycles. The third kappa shape index (κ3) is 2.83. The van der Waals surface area contributed by atoms with Gasteiger partial charge in [-0.3, -0.25) is 5.32 Å². The van der Waals surface area contributed by atoms with E-state index < -0.39 is 0 Å². The fourth-order valence-electron chi connectivity index (χ4n) is 2.54. The van der Waals surface area contributed by atoms with E-state index in [9.17, 15) is 4.79 Å². The van der Waals surface area contributed by atoms with E-state index in [1.165, 1.54) is 11.3 Å². The SMILES string of the molecule is CC(NC(=O)Nc1nc2ccccc2s1)c1cc2ccccc2o1. The highest BCUT2D eigenvalue weighted by Gasteiger charge is 2.15. The van der Waals surface area contributed by atoms with Crippen molar-refractivity contribution < 1.29 is 9.21 Å². The van der Waals surface area contributed by atoms with Crippen molar-refractivity contribution in [1.29, 1.82) is 0 Å². The Kier molecular flexibility index (Phi) is 3.66. The normalized spacial score (nSPS) is 12.4. The van der Waals surface area contributed by atoms with Crippen molar-refractivity contribution in [3.63, 3.8) is 0 Å². The van der Waals surface area contributed by atoms with Crippen molar-refractivity contribution in [2.24, 2.45) is 0 Å². The lowest BCUT2D eigenvalue weighted by Crippen LogP contribution is -2.30. The minimum atomic E-state index is -0.304. The van der Waals surface area contributed by atoms with Crippen LogP contribution in [0.1, 0.15) is 18.7 Å². The topological polar surface area (TPSA) is 67.2 Å². The average Bonchev–Trinajstić information content (AvgIpc) is 3.17. The molecular formula is C18H15N3O2S. The van der Waals surface area contributed by atoms with Gasteiger partial charge in [-0.1, -0.05) is 41.7 Å². The molecule has 2 N–H and O–H groups in total. The Bertz CT molecular complexity index is 955. The first-order chi connectivity index (χ1) is 11.7. The molecule has 6 heteroatoms. The van der Waals surface area contributed by atoms with Gasteiger partial charge in [-0.05, 0) is 31.2 Å². The molecule has 2 heterocycles. The fraction of sp³-hybridized carbons (Fsp3) is 0.111. The van der Waals surface area contributed by atoms with Gasteiger partial charge in [0.2, 0.25) is 0 Å². The van der Waals surface area contributed by atoms with E-state index in [2.05, 4.69) is 15.6 Å². The average molecular weight is 337 g/mol. The van der Waals surface area contributed by atoms with E-state index in [1.807, 2.05) is 61.5 Å². The number of benzene rings is 2. The number of rotatable bonds is 3. The van der Waals surface area contributed by atoms with Gasteiger partial charge >= 0.3 is 6.03 Å². The molecule has 5 nitrogen and oxygen atoms in total. The van der Waals surface area contributed by atoms with Crippen LogP contribution in [0.5, 0.6) is 0 Å². The molecule has 24 heavy (non-hydrogen) atoms. The molecule has 1 atom stereocenters. The van der Waals surface area contributed by atoms with Gasteiger partial charge in [0.25, 0.3) is 0 Å². The zero-order chi connectivity index (χ0) is 16.5. The molecule has 2 aromatic heterocycles. The number of anilines is 1. The van der Waals surface area contributed by atoms with Gasteiger partial charge in [-0.15, -0.1) is 0 Å². The number of nitrogens with one attached hydrogen (secondary N) is 2. The van der Waals surface area contributed by atoms with Crippen LogP contribution in [0, 0.1) is 0 Å². The highest BCUT2D eigenvalue weighted by Crippen LogP contribution is 2.26. The van der Waals surface area contributed by atoms with E-state index in [0.717, 1.165) is 26.9 Å². The quantitative estimate of drug-likeness (QED) is 0.557. The fourth-order valence-corrected chi connectivity index (χ4v) is 3.40. The Morgan fingerprint density at radius 1 is 1.17 bits per heavy atom. The van der Waals surface area contributed by atoms with Crippen LogP contribution in [0.3, 0.4) is 0 Å². The summed E-state index contributed by atoms with van der Waals surface area (Å²) in [5.74, 6) is 0.718. The number of furan rings is 1. The lowest BCUT2D eigenvalue weighted by molar-refractivity contribution is 0.248. The standard InChI is InChI=1S/C18H15N3O2S/c1-11(15-10-12-6-2-4-8-14(12)23-15)19-17(22)21-18-20-13-7-3-5-9-16(13)24-18/h2-11H,1H3,(H2,19,20,21,22). The Hall–Kier alpha value is -2.86. The molecule has 2 amide bonds. The number of nitrogens with zero attached hydrogens (tertiary/aromatic N) is 1. The number of amides is 2. The Balaban J connectivity index is 1.46. The van der Waals surface area contributed by atoms with Crippen molar-refractivity contribution in [1.82, 2.24) is 10.3 Å². The molecule has 1 unspecified atom stereocenters. The van der Waals surface area contributed by atoms with E-state index in [4.69, 9.17) is 4.42 Å². The highest BCUT2D eigenvalue weighted by molar-refractivity contribution is 7.22. The van der Waals surface area contributed by atoms with Crippen LogP contribution in [-0.4, -0.2) is 11.0 Å². The number of hydrogen-bond acceptors (Lipinski definition) is 4. The van der Waals surface area contributed by atoms with Crippen molar-refractivity contribution in [3.05, 3.63) is 60.4 Å². The Labute approximate surface area is 142 Å². The Morgan fingerprint density at radius 3 is 2.79 bits per heavy atom. The maximum atomic E-state index is 12.2. The van der Waals surface area contributed by atoms with Crippen molar-refractivity contribution >= 4 is 43.7 Å². The first-order valence-corrected chi connectivity index (χ1v) is 8.42. The molecule has 120 valence electrons. The summed E-state index contributed by atoms with van der Waals surface area (Å²) in [5, 5.41) is 7.25. The van der Waals surface area contributed by atoms with Crippen LogP contribution in [-0.2, 0) is 0 Å². The molecule has 0 spiro atoms. The molecule has 0 aliphatic heterocycles. The van der Waals surface area contributed by atoms with Crippen LogP contribution in [0.25, 0.3) is 21.2 Å². The Morgan fingerprint density at radius 2 is 1.96 bits per heavy atom. The van der Waals surface area contributed by atoms with Gasteiger partial charge in [0, 0.05) is 5.39 Å². The second-order valence-corrected chi connectivity index (χ2v) is 6.52.